The number of sulfonamides is 1. The maximum Gasteiger partial charge on any atom is 0.211 e. The van der Waals surface area contributed by atoms with Gasteiger partial charge >= 0.3 is 0 Å². The Labute approximate surface area is 111 Å². The molecule has 1 heterocycles. The van der Waals surface area contributed by atoms with E-state index in [9.17, 15) is 8.42 Å². The summed E-state index contributed by atoms with van der Waals surface area (Å²) in [4.78, 5) is 2.36. The largest absolute Gasteiger partial charge is 0.320 e. The molecule has 0 saturated carbocycles. The lowest BCUT2D eigenvalue weighted by atomic mass is 9.93. The van der Waals surface area contributed by atoms with E-state index < -0.39 is 10.0 Å². The van der Waals surface area contributed by atoms with Gasteiger partial charge in [0, 0.05) is 13.1 Å². The second-order valence-corrected chi connectivity index (χ2v) is 7.07. The van der Waals surface area contributed by atoms with Gasteiger partial charge in [-0.2, -0.15) is 0 Å². The SMILES string of the molecule is CCS(=O)(=O)NCCN1CCC(CCNC)CC1. The van der Waals surface area contributed by atoms with E-state index in [1.807, 2.05) is 7.05 Å². The molecule has 1 saturated heterocycles. The number of nitrogens with zero attached hydrogens (tertiary/aromatic N) is 1. The maximum atomic E-state index is 11.3. The zero-order valence-electron chi connectivity index (χ0n) is 11.6. The molecule has 1 fully saturated rings. The summed E-state index contributed by atoms with van der Waals surface area (Å²) in [5, 5.41) is 3.19. The van der Waals surface area contributed by atoms with Crippen LogP contribution in [-0.2, 0) is 10.0 Å². The predicted molar refractivity (Wildman–Crippen MR) is 75.2 cm³/mol. The molecule has 108 valence electrons. The lowest BCUT2D eigenvalue weighted by Gasteiger charge is -2.31. The third-order valence-electron chi connectivity index (χ3n) is 3.64. The third-order valence-corrected chi connectivity index (χ3v) is 5.04. The fourth-order valence-electron chi connectivity index (χ4n) is 2.31. The quantitative estimate of drug-likeness (QED) is 0.667. The summed E-state index contributed by atoms with van der Waals surface area (Å²) < 4.78 is 25.2. The zero-order chi connectivity index (χ0) is 13.4. The predicted octanol–water partition coefficient (Wildman–Crippen LogP) is 0.247. The van der Waals surface area contributed by atoms with Gasteiger partial charge < -0.3 is 10.2 Å². The minimum atomic E-state index is -3.03. The monoisotopic (exact) mass is 277 g/mol. The van der Waals surface area contributed by atoms with Crippen LogP contribution in [0, 0.1) is 5.92 Å². The highest BCUT2D eigenvalue weighted by atomic mass is 32.2. The molecule has 0 amide bonds. The zero-order valence-corrected chi connectivity index (χ0v) is 12.4. The molecule has 1 aliphatic heterocycles. The third kappa shape index (κ3) is 6.13. The molecule has 0 aromatic rings. The van der Waals surface area contributed by atoms with Gasteiger partial charge in [-0.3, -0.25) is 0 Å². The van der Waals surface area contributed by atoms with Crippen LogP contribution in [0.5, 0.6) is 0 Å². The fraction of sp³-hybridized carbons (Fsp3) is 1.00. The van der Waals surface area contributed by atoms with E-state index in [0.29, 0.717) is 6.54 Å². The van der Waals surface area contributed by atoms with Crippen LogP contribution < -0.4 is 10.0 Å². The number of rotatable bonds is 8. The molecular formula is C12H27N3O2S. The Morgan fingerprint density at radius 2 is 1.89 bits per heavy atom. The van der Waals surface area contributed by atoms with E-state index in [0.717, 1.165) is 32.1 Å². The smallest absolute Gasteiger partial charge is 0.211 e. The van der Waals surface area contributed by atoms with Crippen LogP contribution in [0.3, 0.4) is 0 Å². The van der Waals surface area contributed by atoms with Gasteiger partial charge in [-0.15, -0.1) is 0 Å². The summed E-state index contributed by atoms with van der Waals surface area (Å²) in [7, 11) is -1.03. The van der Waals surface area contributed by atoms with Crippen molar-refractivity contribution in [2.24, 2.45) is 5.92 Å². The molecule has 0 aliphatic carbocycles. The molecule has 1 aliphatic rings. The van der Waals surface area contributed by atoms with E-state index in [-0.39, 0.29) is 5.75 Å². The Hall–Kier alpha value is -0.170. The molecule has 0 aromatic heterocycles. The van der Waals surface area contributed by atoms with Gasteiger partial charge in [0.1, 0.15) is 0 Å². The molecule has 6 heteroatoms. The van der Waals surface area contributed by atoms with Gasteiger partial charge in [0.15, 0.2) is 0 Å². The first-order valence-electron chi connectivity index (χ1n) is 6.91. The second kappa shape index (κ2) is 8.09. The molecule has 0 bridgehead atoms. The van der Waals surface area contributed by atoms with Crippen LogP contribution in [0.2, 0.25) is 0 Å². The molecule has 18 heavy (non-hydrogen) atoms. The number of hydrogen-bond acceptors (Lipinski definition) is 4. The standard InChI is InChI=1S/C12H27N3O2S/c1-3-18(16,17)14-8-11-15-9-5-12(6-10-15)4-7-13-2/h12-14H,3-11H2,1-2H3. The number of nitrogens with one attached hydrogen (secondary N) is 2. The Kier molecular flexibility index (Phi) is 7.14. The van der Waals surface area contributed by atoms with Gasteiger partial charge in [0.2, 0.25) is 10.0 Å². The van der Waals surface area contributed by atoms with Crippen LogP contribution in [0.1, 0.15) is 26.2 Å². The number of likely N-dealkylation sites (tertiary alicyclic amines) is 1. The average Bonchev–Trinajstić information content (AvgIpc) is 2.38. The molecule has 0 unspecified atom stereocenters. The van der Waals surface area contributed by atoms with Gasteiger partial charge in [0.05, 0.1) is 5.75 Å². The molecule has 0 spiro atoms. The highest BCUT2D eigenvalue weighted by molar-refractivity contribution is 7.89. The molecule has 2 N–H and O–H groups in total. The summed E-state index contributed by atoms with van der Waals surface area (Å²) in [6, 6.07) is 0. The fourth-order valence-corrected chi connectivity index (χ4v) is 2.91. The minimum Gasteiger partial charge on any atom is -0.320 e. The van der Waals surface area contributed by atoms with Crippen LogP contribution >= 0.6 is 0 Å². The summed E-state index contributed by atoms with van der Waals surface area (Å²) >= 11 is 0. The van der Waals surface area contributed by atoms with Crippen LogP contribution in [0.15, 0.2) is 0 Å². The summed E-state index contributed by atoms with van der Waals surface area (Å²) in [5.41, 5.74) is 0. The summed E-state index contributed by atoms with van der Waals surface area (Å²) in [5.74, 6) is 1.00. The van der Waals surface area contributed by atoms with Gasteiger partial charge in [-0.05, 0) is 58.8 Å². The molecule has 5 nitrogen and oxygen atoms in total. The van der Waals surface area contributed by atoms with E-state index >= 15 is 0 Å². The molecule has 1 rings (SSSR count). The van der Waals surface area contributed by atoms with Crippen molar-refractivity contribution < 1.29 is 8.42 Å². The first kappa shape index (κ1) is 15.9. The van der Waals surface area contributed by atoms with Crippen LogP contribution in [0.25, 0.3) is 0 Å². The van der Waals surface area contributed by atoms with Crippen molar-refractivity contribution in [1.82, 2.24) is 14.9 Å². The highest BCUT2D eigenvalue weighted by Gasteiger charge is 2.18. The van der Waals surface area contributed by atoms with Crippen molar-refractivity contribution in [2.75, 3.05) is 45.5 Å². The van der Waals surface area contributed by atoms with Crippen molar-refractivity contribution >= 4 is 10.0 Å². The topological polar surface area (TPSA) is 61.4 Å². The normalized spacial score (nSPS) is 19.2. The van der Waals surface area contributed by atoms with E-state index in [2.05, 4.69) is 14.9 Å². The van der Waals surface area contributed by atoms with Crippen molar-refractivity contribution in [3.63, 3.8) is 0 Å². The lowest BCUT2D eigenvalue weighted by molar-refractivity contribution is 0.182. The maximum absolute atomic E-state index is 11.3. The van der Waals surface area contributed by atoms with Crippen molar-refractivity contribution in [2.45, 2.75) is 26.2 Å². The first-order chi connectivity index (χ1) is 8.57. The van der Waals surface area contributed by atoms with Gasteiger partial charge in [0.25, 0.3) is 0 Å². The van der Waals surface area contributed by atoms with Crippen molar-refractivity contribution in [3.8, 4) is 0 Å². The Morgan fingerprint density at radius 1 is 1.22 bits per heavy atom. The average molecular weight is 277 g/mol. The molecule has 0 radical (unpaired) electrons. The van der Waals surface area contributed by atoms with Crippen LogP contribution in [0.4, 0.5) is 0 Å². The van der Waals surface area contributed by atoms with E-state index in [1.54, 1.807) is 6.92 Å². The second-order valence-electron chi connectivity index (χ2n) is 4.98. The van der Waals surface area contributed by atoms with Crippen LogP contribution in [-0.4, -0.2) is 58.8 Å². The van der Waals surface area contributed by atoms with Crippen molar-refractivity contribution in [1.29, 1.82) is 0 Å². The van der Waals surface area contributed by atoms with Crippen molar-refractivity contribution in [3.05, 3.63) is 0 Å². The summed E-state index contributed by atoms with van der Waals surface area (Å²) in [6.45, 7) is 6.33. The molecular weight excluding hydrogens is 250 g/mol. The molecule has 0 aromatic carbocycles. The van der Waals surface area contributed by atoms with E-state index in [4.69, 9.17) is 0 Å². The Bertz CT molecular complexity index is 311. The summed E-state index contributed by atoms with van der Waals surface area (Å²) in [6.07, 6.45) is 3.73. The Morgan fingerprint density at radius 3 is 2.44 bits per heavy atom. The first-order valence-corrected chi connectivity index (χ1v) is 8.57. The minimum absolute atomic E-state index is 0.166. The number of piperidine rings is 1. The number of hydrogen-bond donors (Lipinski definition) is 2. The highest BCUT2D eigenvalue weighted by Crippen LogP contribution is 2.19. The van der Waals surface area contributed by atoms with Gasteiger partial charge in [-0.1, -0.05) is 0 Å². The Balaban J connectivity index is 2.12. The van der Waals surface area contributed by atoms with Gasteiger partial charge in [-0.25, -0.2) is 13.1 Å². The molecule has 0 atom stereocenters. The lowest BCUT2D eigenvalue weighted by Crippen LogP contribution is -2.40. The van der Waals surface area contributed by atoms with E-state index in [1.165, 1.54) is 19.3 Å².